The van der Waals surface area contributed by atoms with Crippen LogP contribution in [0.5, 0.6) is 5.75 Å². The van der Waals surface area contributed by atoms with E-state index < -0.39 is 28.5 Å². The molecule has 0 heterocycles. The SMILES string of the molecule is CCOc1ccc(N(CC(=O)N(Cc2ccc(Cl)cc2Cl)[C@@H](CC)C(=O)NCC(C)C)S(=O)(=O)c2ccc(Br)cc2)cc1. The van der Waals surface area contributed by atoms with Gasteiger partial charge in [-0.3, -0.25) is 13.9 Å². The van der Waals surface area contributed by atoms with Crippen LogP contribution in [0, 0.1) is 5.92 Å². The van der Waals surface area contributed by atoms with E-state index >= 15 is 0 Å². The van der Waals surface area contributed by atoms with Crippen LogP contribution in [0.15, 0.2) is 76.1 Å². The molecule has 2 amide bonds. The fourth-order valence-electron chi connectivity index (χ4n) is 4.31. The molecular formula is C31H36BrCl2N3O5S. The molecule has 8 nitrogen and oxygen atoms in total. The van der Waals surface area contributed by atoms with E-state index in [0.29, 0.717) is 45.4 Å². The zero-order chi connectivity index (χ0) is 31.7. The smallest absolute Gasteiger partial charge is 0.264 e. The second kappa shape index (κ2) is 15.8. The highest BCUT2D eigenvalue weighted by atomic mass is 79.9. The average molecular weight is 714 g/mol. The first-order valence-corrected chi connectivity index (χ1v) is 16.9. The van der Waals surface area contributed by atoms with E-state index in [1.165, 1.54) is 17.0 Å². The number of nitrogens with one attached hydrogen (secondary N) is 1. The van der Waals surface area contributed by atoms with Crippen LogP contribution in [-0.2, 0) is 26.2 Å². The normalized spacial score (nSPS) is 12.1. The molecule has 0 aliphatic rings. The molecule has 0 bridgehead atoms. The summed E-state index contributed by atoms with van der Waals surface area (Å²) in [4.78, 5) is 28.9. The Kier molecular flexibility index (Phi) is 12.7. The van der Waals surface area contributed by atoms with Crippen molar-refractivity contribution in [3.05, 3.63) is 86.8 Å². The molecule has 0 spiro atoms. The van der Waals surface area contributed by atoms with Gasteiger partial charge in [-0.1, -0.05) is 66.0 Å². The summed E-state index contributed by atoms with van der Waals surface area (Å²) in [5.74, 6) is -0.155. The van der Waals surface area contributed by atoms with Gasteiger partial charge < -0.3 is 15.0 Å². The van der Waals surface area contributed by atoms with E-state index in [-0.39, 0.29) is 29.0 Å². The van der Waals surface area contributed by atoms with Crippen molar-refractivity contribution in [3.8, 4) is 5.75 Å². The first-order chi connectivity index (χ1) is 20.4. The number of sulfonamides is 1. The van der Waals surface area contributed by atoms with Gasteiger partial charge >= 0.3 is 0 Å². The highest BCUT2D eigenvalue weighted by Crippen LogP contribution is 2.28. The number of anilines is 1. The molecule has 0 saturated carbocycles. The molecule has 232 valence electrons. The van der Waals surface area contributed by atoms with Gasteiger partial charge in [0.2, 0.25) is 11.8 Å². The van der Waals surface area contributed by atoms with Crippen LogP contribution in [0.3, 0.4) is 0 Å². The molecule has 3 aromatic rings. The standard InChI is InChI=1S/C31H36BrCl2N3O5S/c1-5-29(31(39)35-18-21(3)4)36(19-22-7-10-24(33)17-28(22)34)30(38)20-37(25-11-13-26(14-12-25)42-6-2)43(40,41)27-15-8-23(32)9-16-27/h7-17,21,29H,5-6,18-20H2,1-4H3,(H,35,39)/t29-/m0/s1. The number of halogens is 3. The zero-order valence-corrected chi connectivity index (χ0v) is 28.4. The van der Waals surface area contributed by atoms with E-state index in [1.54, 1.807) is 61.5 Å². The maximum Gasteiger partial charge on any atom is 0.264 e. The van der Waals surface area contributed by atoms with Crippen LogP contribution in [0.25, 0.3) is 0 Å². The number of carbonyl (C=O) groups is 2. The third-order valence-electron chi connectivity index (χ3n) is 6.54. The predicted molar refractivity (Wildman–Crippen MR) is 175 cm³/mol. The van der Waals surface area contributed by atoms with E-state index in [9.17, 15) is 18.0 Å². The predicted octanol–water partition coefficient (Wildman–Crippen LogP) is 6.93. The lowest BCUT2D eigenvalue weighted by molar-refractivity contribution is -0.140. The monoisotopic (exact) mass is 711 g/mol. The Morgan fingerprint density at radius 2 is 1.63 bits per heavy atom. The molecule has 0 unspecified atom stereocenters. The summed E-state index contributed by atoms with van der Waals surface area (Å²) in [6.45, 7) is 7.86. The molecular weight excluding hydrogens is 677 g/mol. The fourth-order valence-corrected chi connectivity index (χ4v) is 6.46. The molecule has 0 fully saturated rings. The fraction of sp³-hybridized carbons (Fsp3) is 0.355. The lowest BCUT2D eigenvalue weighted by Gasteiger charge is -2.33. The van der Waals surface area contributed by atoms with Gasteiger partial charge in [0.25, 0.3) is 10.0 Å². The summed E-state index contributed by atoms with van der Waals surface area (Å²) in [5, 5.41) is 3.66. The van der Waals surface area contributed by atoms with Crippen LogP contribution < -0.4 is 14.4 Å². The Bertz CT molecular complexity index is 1500. The number of ether oxygens (including phenoxy) is 1. The van der Waals surface area contributed by atoms with Crippen molar-refractivity contribution in [2.45, 2.75) is 51.6 Å². The number of hydrogen-bond acceptors (Lipinski definition) is 5. The number of benzene rings is 3. The zero-order valence-electron chi connectivity index (χ0n) is 24.5. The van der Waals surface area contributed by atoms with Gasteiger partial charge in [0, 0.05) is 27.6 Å². The van der Waals surface area contributed by atoms with Crippen molar-refractivity contribution in [2.75, 3.05) is 24.0 Å². The topological polar surface area (TPSA) is 96.0 Å². The summed E-state index contributed by atoms with van der Waals surface area (Å²) < 4.78 is 35.3. The molecule has 0 saturated heterocycles. The minimum Gasteiger partial charge on any atom is -0.494 e. The number of amides is 2. The number of carbonyl (C=O) groups excluding carboxylic acids is 2. The Hall–Kier alpha value is -2.79. The van der Waals surface area contributed by atoms with Crippen molar-refractivity contribution in [1.29, 1.82) is 0 Å². The molecule has 0 aliphatic heterocycles. The average Bonchev–Trinajstić information content (AvgIpc) is 2.96. The molecule has 1 N–H and O–H groups in total. The summed E-state index contributed by atoms with van der Waals surface area (Å²) >= 11 is 15.9. The third-order valence-corrected chi connectivity index (χ3v) is 9.45. The maximum atomic E-state index is 14.2. The quantitative estimate of drug-likeness (QED) is 0.196. The van der Waals surface area contributed by atoms with Crippen LogP contribution in [0.2, 0.25) is 10.0 Å². The van der Waals surface area contributed by atoms with Gasteiger partial charge in [-0.05, 0) is 85.5 Å². The Balaban J connectivity index is 2.07. The maximum absolute atomic E-state index is 14.2. The second-order valence-corrected chi connectivity index (χ2v) is 13.8. The van der Waals surface area contributed by atoms with Gasteiger partial charge in [0.1, 0.15) is 18.3 Å². The minimum atomic E-state index is -4.21. The lowest BCUT2D eigenvalue weighted by Crippen LogP contribution is -2.52. The summed E-state index contributed by atoms with van der Waals surface area (Å²) in [6, 6.07) is 16.6. The van der Waals surface area contributed by atoms with E-state index in [1.807, 2.05) is 20.8 Å². The van der Waals surface area contributed by atoms with Crippen molar-refractivity contribution in [2.24, 2.45) is 5.92 Å². The van der Waals surface area contributed by atoms with E-state index in [2.05, 4.69) is 21.2 Å². The van der Waals surface area contributed by atoms with Gasteiger partial charge in [-0.25, -0.2) is 8.42 Å². The minimum absolute atomic E-state index is 0.00592. The highest BCUT2D eigenvalue weighted by molar-refractivity contribution is 9.10. The van der Waals surface area contributed by atoms with Crippen molar-refractivity contribution in [1.82, 2.24) is 10.2 Å². The summed E-state index contributed by atoms with van der Waals surface area (Å²) in [5.41, 5.74) is 0.833. The van der Waals surface area contributed by atoms with E-state index in [0.717, 1.165) is 4.31 Å². The van der Waals surface area contributed by atoms with Gasteiger partial charge in [-0.15, -0.1) is 0 Å². The molecule has 3 aromatic carbocycles. The molecule has 0 aromatic heterocycles. The molecule has 0 radical (unpaired) electrons. The first kappa shape index (κ1) is 34.7. The molecule has 0 aliphatic carbocycles. The molecule has 43 heavy (non-hydrogen) atoms. The molecule has 12 heteroatoms. The van der Waals surface area contributed by atoms with E-state index in [4.69, 9.17) is 27.9 Å². The van der Waals surface area contributed by atoms with Crippen molar-refractivity contribution >= 4 is 66.7 Å². The summed E-state index contributed by atoms with van der Waals surface area (Å²) in [7, 11) is -4.21. The largest absolute Gasteiger partial charge is 0.494 e. The van der Waals surface area contributed by atoms with Crippen LogP contribution in [-0.4, -0.2) is 50.9 Å². The molecule has 1 atom stereocenters. The lowest BCUT2D eigenvalue weighted by atomic mass is 10.1. The number of hydrogen-bond donors (Lipinski definition) is 1. The Morgan fingerprint density at radius 1 is 0.977 bits per heavy atom. The Labute approximate surface area is 272 Å². The van der Waals surface area contributed by atoms with Gasteiger partial charge in [0.05, 0.1) is 17.2 Å². The third kappa shape index (κ3) is 9.35. The van der Waals surface area contributed by atoms with Crippen LogP contribution in [0.1, 0.15) is 39.7 Å². The number of nitrogens with zero attached hydrogens (tertiary/aromatic N) is 2. The number of rotatable bonds is 14. The van der Waals surface area contributed by atoms with Crippen LogP contribution in [0.4, 0.5) is 5.69 Å². The summed E-state index contributed by atoms with van der Waals surface area (Å²) in [6.07, 6.45) is 0.295. The van der Waals surface area contributed by atoms with Crippen molar-refractivity contribution < 1.29 is 22.7 Å². The van der Waals surface area contributed by atoms with Gasteiger partial charge in [0.15, 0.2) is 0 Å². The van der Waals surface area contributed by atoms with Crippen molar-refractivity contribution in [3.63, 3.8) is 0 Å². The highest BCUT2D eigenvalue weighted by Gasteiger charge is 2.34. The molecule has 3 rings (SSSR count). The first-order valence-electron chi connectivity index (χ1n) is 13.9. The Morgan fingerprint density at radius 3 is 2.19 bits per heavy atom. The van der Waals surface area contributed by atoms with Crippen LogP contribution >= 0.6 is 39.1 Å². The van der Waals surface area contributed by atoms with Gasteiger partial charge in [-0.2, -0.15) is 0 Å². The second-order valence-electron chi connectivity index (χ2n) is 10.2.